The van der Waals surface area contributed by atoms with E-state index < -0.39 is 12.1 Å². The van der Waals surface area contributed by atoms with E-state index in [9.17, 15) is 18.0 Å². The zero-order chi connectivity index (χ0) is 24.0. The van der Waals surface area contributed by atoms with E-state index in [1.807, 2.05) is 52.9 Å². The van der Waals surface area contributed by atoms with Gasteiger partial charge in [0.25, 0.3) is 5.91 Å². The number of amides is 1. The zero-order valence-corrected chi connectivity index (χ0v) is 17.8. The molecule has 0 spiro atoms. The lowest BCUT2D eigenvalue weighted by atomic mass is 10.1. The summed E-state index contributed by atoms with van der Waals surface area (Å²) in [7, 11) is 0. The number of alkyl halides is 3. The van der Waals surface area contributed by atoms with Crippen LogP contribution in [0.3, 0.4) is 0 Å². The molecule has 176 valence electrons. The summed E-state index contributed by atoms with van der Waals surface area (Å²) in [5.41, 5.74) is 2.66. The largest absolute Gasteiger partial charge is 0.490 e. The van der Waals surface area contributed by atoms with Crippen molar-refractivity contribution in [1.29, 1.82) is 0 Å². The molecule has 2 aromatic heterocycles. The van der Waals surface area contributed by atoms with Crippen LogP contribution in [0.2, 0.25) is 0 Å². The van der Waals surface area contributed by atoms with Crippen LogP contribution in [0.15, 0.2) is 48.8 Å². The molecule has 8 nitrogen and oxygen atoms in total. The maximum absolute atomic E-state index is 13.1. The number of halogens is 3. The van der Waals surface area contributed by atoms with Crippen molar-refractivity contribution in [3.05, 3.63) is 60.0 Å². The number of carboxylic acids is 1. The Morgan fingerprint density at radius 2 is 1.97 bits per heavy atom. The molecular formula is C22H23F3N4O4. The van der Waals surface area contributed by atoms with Crippen molar-refractivity contribution in [3.63, 3.8) is 0 Å². The minimum Gasteiger partial charge on any atom is -0.475 e. The molecule has 0 aliphatic carbocycles. The molecular weight excluding hydrogens is 441 g/mol. The van der Waals surface area contributed by atoms with E-state index in [0.29, 0.717) is 31.9 Å². The first-order valence-electron chi connectivity index (χ1n) is 10.2. The van der Waals surface area contributed by atoms with Gasteiger partial charge in [-0.25, -0.2) is 4.79 Å². The van der Waals surface area contributed by atoms with Crippen molar-refractivity contribution < 1.29 is 32.6 Å². The third-order valence-electron chi connectivity index (χ3n) is 5.06. The standard InChI is InChI=1S/C20H22N4O2.C2HF3O2/c1-2-26-11-8-18-14-23(13-17-7-10-22-24(17)18)20(25)16-5-6-19-15(12-16)4-3-9-21-19;3-2(4,5)1(6)7/h3-7,9-10,12,18H,2,8,11,13-14H2,1H3;(H,6,7). The van der Waals surface area contributed by atoms with Crippen LogP contribution in [0, 0.1) is 0 Å². The molecule has 33 heavy (non-hydrogen) atoms. The molecule has 3 aromatic rings. The Bertz CT molecular complexity index is 1120. The second kappa shape index (κ2) is 10.4. The minimum absolute atomic E-state index is 0.0459. The van der Waals surface area contributed by atoms with E-state index in [-0.39, 0.29) is 11.9 Å². The van der Waals surface area contributed by atoms with Crippen LogP contribution in [0.4, 0.5) is 13.2 Å². The molecule has 1 unspecified atom stereocenters. The topological polar surface area (TPSA) is 97.5 Å². The van der Waals surface area contributed by atoms with Crippen molar-refractivity contribution in [1.82, 2.24) is 19.7 Å². The third-order valence-corrected chi connectivity index (χ3v) is 5.06. The highest BCUT2D eigenvalue weighted by Crippen LogP contribution is 2.25. The Labute approximate surface area is 187 Å². The Morgan fingerprint density at radius 1 is 1.21 bits per heavy atom. The second-order valence-corrected chi connectivity index (χ2v) is 7.31. The van der Waals surface area contributed by atoms with Crippen LogP contribution < -0.4 is 0 Å². The quantitative estimate of drug-likeness (QED) is 0.579. The second-order valence-electron chi connectivity index (χ2n) is 7.31. The Morgan fingerprint density at radius 3 is 2.67 bits per heavy atom. The predicted octanol–water partition coefficient (Wildman–Crippen LogP) is 3.69. The molecule has 0 bridgehead atoms. The van der Waals surface area contributed by atoms with Crippen molar-refractivity contribution >= 4 is 22.8 Å². The summed E-state index contributed by atoms with van der Waals surface area (Å²) in [5.74, 6) is -2.71. The highest BCUT2D eigenvalue weighted by Gasteiger charge is 2.38. The number of nitrogens with zero attached hydrogens (tertiary/aromatic N) is 4. The molecule has 0 fully saturated rings. The monoisotopic (exact) mass is 464 g/mol. The number of hydrogen-bond acceptors (Lipinski definition) is 5. The number of carbonyl (C=O) groups is 2. The van der Waals surface area contributed by atoms with Gasteiger partial charge in [0.1, 0.15) is 0 Å². The minimum atomic E-state index is -5.08. The fourth-order valence-electron chi connectivity index (χ4n) is 3.51. The Hall–Kier alpha value is -3.47. The van der Waals surface area contributed by atoms with E-state index in [1.54, 1.807) is 12.4 Å². The maximum Gasteiger partial charge on any atom is 0.490 e. The SMILES string of the molecule is CCOCCC1CN(C(=O)c2ccc3ncccc3c2)Cc2ccnn21.O=C(O)C(F)(F)F. The smallest absolute Gasteiger partial charge is 0.475 e. The lowest BCUT2D eigenvalue weighted by Gasteiger charge is -2.34. The van der Waals surface area contributed by atoms with E-state index in [4.69, 9.17) is 14.6 Å². The van der Waals surface area contributed by atoms with Crippen LogP contribution in [-0.2, 0) is 16.1 Å². The highest BCUT2D eigenvalue weighted by atomic mass is 19.4. The number of aromatic nitrogens is 3. The summed E-state index contributed by atoms with van der Waals surface area (Å²) in [6.07, 6.45) is -0.675. The van der Waals surface area contributed by atoms with Crippen molar-refractivity contribution in [2.45, 2.75) is 32.1 Å². The molecule has 0 saturated carbocycles. The molecule has 1 N–H and O–H groups in total. The van der Waals surface area contributed by atoms with Gasteiger partial charge in [0.05, 0.1) is 23.8 Å². The van der Waals surface area contributed by atoms with Gasteiger partial charge in [-0.2, -0.15) is 18.3 Å². The maximum atomic E-state index is 13.1. The summed E-state index contributed by atoms with van der Waals surface area (Å²) in [5, 5.41) is 12.5. The third kappa shape index (κ3) is 6.07. The summed E-state index contributed by atoms with van der Waals surface area (Å²) in [6, 6.07) is 11.7. The van der Waals surface area contributed by atoms with Gasteiger partial charge in [-0.15, -0.1) is 0 Å². The van der Waals surface area contributed by atoms with Gasteiger partial charge in [0, 0.05) is 43.1 Å². The van der Waals surface area contributed by atoms with Crippen LogP contribution in [-0.4, -0.2) is 62.6 Å². The van der Waals surface area contributed by atoms with Gasteiger partial charge in [0.15, 0.2) is 0 Å². The Balaban J connectivity index is 0.000000383. The average molecular weight is 464 g/mol. The molecule has 1 atom stereocenters. The molecule has 3 heterocycles. The van der Waals surface area contributed by atoms with Gasteiger partial charge in [-0.1, -0.05) is 6.07 Å². The number of hydrogen-bond donors (Lipinski definition) is 1. The van der Waals surface area contributed by atoms with Crippen LogP contribution >= 0.6 is 0 Å². The predicted molar refractivity (Wildman–Crippen MR) is 113 cm³/mol. The summed E-state index contributed by atoms with van der Waals surface area (Å²) in [4.78, 5) is 28.2. The number of carboxylic acid groups (broad SMARTS) is 1. The average Bonchev–Trinajstić information content (AvgIpc) is 3.27. The van der Waals surface area contributed by atoms with E-state index >= 15 is 0 Å². The molecule has 4 rings (SSSR count). The van der Waals surface area contributed by atoms with Gasteiger partial charge in [-0.3, -0.25) is 14.5 Å². The molecule has 11 heteroatoms. The number of fused-ring (bicyclic) bond motifs is 2. The molecule has 1 aromatic carbocycles. The number of aliphatic carboxylic acids is 1. The van der Waals surface area contributed by atoms with Crippen LogP contribution in [0.25, 0.3) is 10.9 Å². The first-order chi connectivity index (χ1) is 15.7. The number of ether oxygens (including phenoxy) is 1. The fraction of sp³-hybridized carbons (Fsp3) is 0.364. The normalized spacial score (nSPS) is 15.5. The first kappa shape index (κ1) is 24.2. The van der Waals surface area contributed by atoms with Gasteiger partial charge >= 0.3 is 12.1 Å². The van der Waals surface area contributed by atoms with Gasteiger partial charge in [-0.05, 0) is 43.7 Å². The number of carbonyl (C=O) groups excluding carboxylic acids is 1. The molecule has 1 aliphatic rings. The Kier molecular flexibility index (Phi) is 7.64. The first-order valence-corrected chi connectivity index (χ1v) is 10.2. The number of pyridine rings is 1. The fourth-order valence-corrected chi connectivity index (χ4v) is 3.51. The lowest BCUT2D eigenvalue weighted by Crippen LogP contribution is -2.41. The summed E-state index contributed by atoms with van der Waals surface area (Å²) in [6.45, 7) is 4.59. The van der Waals surface area contributed by atoms with E-state index in [2.05, 4.69) is 10.1 Å². The van der Waals surface area contributed by atoms with Gasteiger partial charge < -0.3 is 14.7 Å². The molecule has 0 radical (unpaired) electrons. The number of rotatable bonds is 5. The summed E-state index contributed by atoms with van der Waals surface area (Å²) < 4.78 is 39.3. The molecule has 0 saturated heterocycles. The lowest BCUT2D eigenvalue weighted by molar-refractivity contribution is -0.192. The van der Waals surface area contributed by atoms with E-state index in [1.165, 1.54) is 0 Å². The van der Waals surface area contributed by atoms with Crippen LogP contribution in [0.5, 0.6) is 0 Å². The van der Waals surface area contributed by atoms with Crippen molar-refractivity contribution in [2.75, 3.05) is 19.8 Å². The molecule has 1 amide bonds. The summed E-state index contributed by atoms with van der Waals surface area (Å²) >= 11 is 0. The zero-order valence-electron chi connectivity index (χ0n) is 17.8. The van der Waals surface area contributed by atoms with Crippen molar-refractivity contribution in [3.8, 4) is 0 Å². The highest BCUT2D eigenvalue weighted by molar-refractivity contribution is 5.98. The van der Waals surface area contributed by atoms with Crippen molar-refractivity contribution in [2.24, 2.45) is 0 Å². The number of benzene rings is 1. The van der Waals surface area contributed by atoms with E-state index in [0.717, 1.165) is 23.0 Å². The van der Waals surface area contributed by atoms with Crippen LogP contribution in [0.1, 0.15) is 35.4 Å². The molecule has 1 aliphatic heterocycles. The van der Waals surface area contributed by atoms with Gasteiger partial charge in [0.2, 0.25) is 0 Å².